The average Bonchev–Trinajstić information content (AvgIpc) is 3.13. The fourth-order valence-corrected chi connectivity index (χ4v) is 5.02. The molecule has 178 valence electrons. The minimum absolute atomic E-state index is 0.180. The maximum Gasteiger partial charge on any atom is 0.123 e. The van der Waals surface area contributed by atoms with Crippen LogP contribution in [-0.4, -0.2) is 17.8 Å². The molecule has 4 rings (SSSR count). The maximum atomic E-state index is 13.7. The van der Waals surface area contributed by atoms with Gasteiger partial charge in [-0.05, 0) is 60.9 Å². The van der Waals surface area contributed by atoms with Gasteiger partial charge in [-0.1, -0.05) is 79.4 Å². The Morgan fingerprint density at radius 3 is 2.41 bits per heavy atom. The quantitative estimate of drug-likeness (QED) is 0.327. The van der Waals surface area contributed by atoms with Gasteiger partial charge < -0.3 is 5.32 Å². The van der Waals surface area contributed by atoms with Crippen molar-refractivity contribution in [2.75, 3.05) is 11.6 Å². The van der Waals surface area contributed by atoms with E-state index in [9.17, 15) is 4.39 Å². The minimum atomic E-state index is -0.309. The van der Waals surface area contributed by atoms with Crippen LogP contribution >= 0.6 is 23.2 Å². The summed E-state index contributed by atoms with van der Waals surface area (Å²) in [7, 11) is 0. The number of halogens is 3. The maximum absolute atomic E-state index is 13.7. The molecule has 0 amide bonds. The second-order valence-electron chi connectivity index (χ2n) is 9.04. The summed E-state index contributed by atoms with van der Waals surface area (Å²) in [6.45, 7) is 5.85. The third-order valence-corrected chi connectivity index (χ3v) is 7.29. The summed E-state index contributed by atoms with van der Waals surface area (Å²) >= 11 is 12.3. The van der Waals surface area contributed by atoms with Gasteiger partial charge in [0, 0.05) is 19.0 Å². The van der Waals surface area contributed by atoms with E-state index in [4.69, 9.17) is 28.3 Å². The summed E-state index contributed by atoms with van der Waals surface area (Å²) in [6, 6.07) is 22.7. The third kappa shape index (κ3) is 5.30. The number of benzene rings is 3. The van der Waals surface area contributed by atoms with Crippen LogP contribution in [-0.2, 0) is 6.54 Å². The predicted molar refractivity (Wildman–Crippen MR) is 141 cm³/mol. The van der Waals surface area contributed by atoms with Gasteiger partial charge in [-0.2, -0.15) is 5.10 Å². The van der Waals surface area contributed by atoms with Gasteiger partial charge in [-0.3, -0.25) is 5.01 Å². The van der Waals surface area contributed by atoms with Crippen molar-refractivity contribution in [2.45, 2.75) is 45.2 Å². The molecule has 1 aliphatic rings. The molecule has 2 unspecified atom stereocenters. The molecule has 0 saturated heterocycles. The van der Waals surface area contributed by atoms with Crippen molar-refractivity contribution in [3.05, 3.63) is 99.8 Å². The molecule has 3 aromatic rings. The number of hydrazone groups is 1. The van der Waals surface area contributed by atoms with E-state index in [0.717, 1.165) is 41.8 Å². The fourth-order valence-electron chi connectivity index (χ4n) is 4.70. The molecular weight excluding hydrogens is 468 g/mol. The number of rotatable bonds is 9. The van der Waals surface area contributed by atoms with E-state index in [1.807, 2.05) is 48.5 Å². The Morgan fingerprint density at radius 2 is 1.74 bits per heavy atom. The number of para-hydroxylation sites is 1. The van der Waals surface area contributed by atoms with Crippen molar-refractivity contribution in [3.8, 4) is 0 Å². The zero-order valence-electron chi connectivity index (χ0n) is 19.6. The standard InChI is InChI=1S/C28H30Cl2FN3/c1-3-4-10-24-27(21-12-14-22(31)15-13-21)33-34(23-8-6-5-7-9-23)28(24,2)19-32-18-20-11-16-25(29)26(30)17-20/h5-9,11-17,24,32H,3-4,10,18-19H2,1-2H3. The number of unbranched alkanes of at least 4 members (excludes halogenated alkanes) is 1. The average molecular weight is 498 g/mol. The first-order valence-corrected chi connectivity index (χ1v) is 12.5. The Bertz CT molecular complexity index is 1130. The predicted octanol–water partition coefficient (Wildman–Crippen LogP) is 7.71. The summed E-state index contributed by atoms with van der Waals surface area (Å²) in [5.74, 6) is -0.0575. The summed E-state index contributed by atoms with van der Waals surface area (Å²) in [4.78, 5) is 0. The highest BCUT2D eigenvalue weighted by molar-refractivity contribution is 6.42. The number of nitrogens with zero attached hydrogens (tertiary/aromatic N) is 2. The first kappa shape index (κ1) is 24.7. The van der Waals surface area contributed by atoms with Crippen LogP contribution in [0.2, 0.25) is 10.0 Å². The zero-order valence-corrected chi connectivity index (χ0v) is 21.1. The van der Waals surface area contributed by atoms with E-state index >= 15 is 0 Å². The van der Waals surface area contributed by atoms with Crippen LogP contribution in [0.3, 0.4) is 0 Å². The highest BCUT2D eigenvalue weighted by atomic mass is 35.5. The molecule has 0 spiro atoms. The molecular formula is C28H30Cl2FN3. The Kier molecular flexibility index (Phi) is 7.92. The lowest BCUT2D eigenvalue weighted by atomic mass is 9.77. The molecule has 0 aliphatic carbocycles. The van der Waals surface area contributed by atoms with Crippen molar-refractivity contribution >= 4 is 34.6 Å². The van der Waals surface area contributed by atoms with Crippen LogP contribution in [0, 0.1) is 11.7 Å². The Labute approximate surface area is 211 Å². The number of anilines is 1. The molecule has 34 heavy (non-hydrogen) atoms. The second-order valence-corrected chi connectivity index (χ2v) is 9.86. The monoisotopic (exact) mass is 497 g/mol. The van der Waals surface area contributed by atoms with E-state index < -0.39 is 0 Å². The van der Waals surface area contributed by atoms with Crippen molar-refractivity contribution in [1.29, 1.82) is 0 Å². The van der Waals surface area contributed by atoms with Gasteiger partial charge in [0.2, 0.25) is 0 Å². The number of nitrogens with one attached hydrogen (secondary N) is 1. The first-order valence-electron chi connectivity index (χ1n) is 11.8. The van der Waals surface area contributed by atoms with Gasteiger partial charge in [-0.15, -0.1) is 0 Å². The van der Waals surface area contributed by atoms with Crippen LogP contribution in [0.15, 0.2) is 77.9 Å². The fraction of sp³-hybridized carbons (Fsp3) is 0.321. The Hall–Kier alpha value is -2.40. The summed E-state index contributed by atoms with van der Waals surface area (Å²) in [5, 5.41) is 12.0. The van der Waals surface area contributed by atoms with Crippen LogP contribution in [0.25, 0.3) is 0 Å². The molecule has 1 aliphatic heterocycles. The largest absolute Gasteiger partial charge is 0.310 e. The number of hydrogen-bond acceptors (Lipinski definition) is 3. The molecule has 1 N–H and O–H groups in total. The van der Waals surface area contributed by atoms with E-state index in [2.05, 4.69) is 36.3 Å². The Morgan fingerprint density at radius 1 is 1.00 bits per heavy atom. The third-order valence-electron chi connectivity index (χ3n) is 6.56. The van der Waals surface area contributed by atoms with Crippen LogP contribution in [0.1, 0.15) is 44.2 Å². The first-order chi connectivity index (χ1) is 16.4. The molecule has 2 atom stereocenters. The molecule has 0 aromatic heterocycles. The lowest BCUT2D eigenvalue weighted by molar-refractivity contribution is 0.327. The highest BCUT2D eigenvalue weighted by Gasteiger charge is 2.47. The van der Waals surface area contributed by atoms with Crippen LogP contribution in [0.5, 0.6) is 0 Å². The molecule has 0 fully saturated rings. The number of hydrogen-bond donors (Lipinski definition) is 1. The Balaban J connectivity index is 1.66. The molecule has 0 saturated carbocycles. The molecule has 6 heteroatoms. The van der Waals surface area contributed by atoms with Gasteiger partial charge in [0.1, 0.15) is 5.82 Å². The SMILES string of the molecule is CCCCC1C(c2ccc(F)cc2)=NN(c2ccccc2)C1(C)CNCc1ccc(Cl)c(Cl)c1. The summed E-state index contributed by atoms with van der Waals surface area (Å²) < 4.78 is 13.7. The van der Waals surface area contributed by atoms with Crippen molar-refractivity contribution in [3.63, 3.8) is 0 Å². The zero-order chi connectivity index (χ0) is 24.1. The smallest absolute Gasteiger partial charge is 0.123 e. The molecule has 1 heterocycles. The van der Waals surface area contributed by atoms with E-state index in [1.54, 1.807) is 0 Å². The molecule has 3 aromatic carbocycles. The van der Waals surface area contributed by atoms with Crippen LogP contribution < -0.4 is 10.3 Å². The van der Waals surface area contributed by atoms with E-state index in [1.165, 1.54) is 12.1 Å². The minimum Gasteiger partial charge on any atom is -0.310 e. The second kappa shape index (κ2) is 10.9. The van der Waals surface area contributed by atoms with Crippen LogP contribution in [0.4, 0.5) is 10.1 Å². The van der Waals surface area contributed by atoms with Crippen molar-refractivity contribution in [2.24, 2.45) is 11.0 Å². The normalized spacial score (nSPS) is 20.0. The molecule has 3 nitrogen and oxygen atoms in total. The van der Waals surface area contributed by atoms with Gasteiger partial charge in [-0.25, -0.2) is 4.39 Å². The van der Waals surface area contributed by atoms with Gasteiger partial charge in [0.15, 0.2) is 0 Å². The van der Waals surface area contributed by atoms with E-state index in [-0.39, 0.29) is 17.3 Å². The van der Waals surface area contributed by atoms with Gasteiger partial charge in [0.25, 0.3) is 0 Å². The van der Waals surface area contributed by atoms with Crippen molar-refractivity contribution < 1.29 is 4.39 Å². The summed E-state index contributed by atoms with van der Waals surface area (Å²) in [5.41, 5.74) is 3.79. The lowest BCUT2D eigenvalue weighted by Crippen LogP contribution is -2.53. The van der Waals surface area contributed by atoms with Gasteiger partial charge >= 0.3 is 0 Å². The lowest BCUT2D eigenvalue weighted by Gasteiger charge is -2.39. The summed E-state index contributed by atoms with van der Waals surface area (Å²) in [6.07, 6.45) is 3.20. The van der Waals surface area contributed by atoms with Crippen molar-refractivity contribution in [1.82, 2.24) is 5.32 Å². The van der Waals surface area contributed by atoms with Gasteiger partial charge in [0.05, 0.1) is 27.0 Å². The topological polar surface area (TPSA) is 27.6 Å². The molecule has 0 bridgehead atoms. The van der Waals surface area contributed by atoms with E-state index in [0.29, 0.717) is 23.1 Å². The molecule has 0 radical (unpaired) electrons. The highest BCUT2D eigenvalue weighted by Crippen LogP contribution is 2.41.